The number of hydrogen-bond acceptors (Lipinski definition) is 7. The highest BCUT2D eigenvalue weighted by molar-refractivity contribution is 7.90. The summed E-state index contributed by atoms with van der Waals surface area (Å²) in [6.07, 6.45) is 8.92. The quantitative estimate of drug-likeness (QED) is 0.581. The molecule has 0 bridgehead atoms. The number of aromatic nitrogens is 2. The molecule has 168 valence electrons. The first-order valence-corrected chi connectivity index (χ1v) is 12.4. The number of rotatable bonds is 9. The number of halogens is 1. The molecule has 2 aromatic rings. The van der Waals surface area contributed by atoms with Gasteiger partial charge in [0, 0.05) is 6.26 Å². The molecule has 8 nitrogen and oxygen atoms in total. The van der Waals surface area contributed by atoms with Crippen molar-refractivity contribution in [3.05, 3.63) is 41.2 Å². The van der Waals surface area contributed by atoms with Crippen LogP contribution in [0.5, 0.6) is 5.88 Å². The average molecular weight is 468 g/mol. The fraction of sp³-hybridized carbons (Fsp3) is 0.476. The number of sulfone groups is 1. The number of nitrogens with one attached hydrogen (secondary N) is 1. The van der Waals surface area contributed by atoms with E-state index in [1.54, 1.807) is 12.1 Å². The summed E-state index contributed by atoms with van der Waals surface area (Å²) in [5, 5.41) is 11.7. The number of carbonyl (C=O) groups excluding carboxylic acids is 1. The molecule has 1 amide bonds. The van der Waals surface area contributed by atoms with Gasteiger partial charge in [-0.05, 0) is 30.0 Å². The summed E-state index contributed by atoms with van der Waals surface area (Å²) < 4.78 is 28.9. The van der Waals surface area contributed by atoms with E-state index in [1.165, 1.54) is 18.5 Å². The van der Waals surface area contributed by atoms with Crippen LogP contribution < -0.4 is 10.1 Å². The molecule has 1 saturated carbocycles. The molecule has 0 unspecified atom stereocenters. The highest BCUT2D eigenvalue weighted by Gasteiger charge is 2.28. The van der Waals surface area contributed by atoms with E-state index >= 15 is 0 Å². The highest BCUT2D eigenvalue weighted by Crippen LogP contribution is 2.36. The maximum absolute atomic E-state index is 13.1. The fourth-order valence-corrected chi connectivity index (χ4v) is 5.17. The summed E-state index contributed by atoms with van der Waals surface area (Å²) in [7, 11) is -3.46. The van der Waals surface area contributed by atoms with Gasteiger partial charge >= 0.3 is 0 Å². The molecule has 0 spiro atoms. The van der Waals surface area contributed by atoms with E-state index < -0.39 is 15.8 Å². The summed E-state index contributed by atoms with van der Waals surface area (Å²) in [6, 6.07) is 4.67. The third-order valence-electron chi connectivity index (χ3n) is 5.34. The van der Waals surface area contributed by atoms with Crippen molar-refractivity contribution in [1.82, 2.24) is 9.97 Å². The Morgan fingerprint density at radius 2 is 2.03 bits per heavy atom. The van der Waals surface area contributed by atoms with E-state index in [-0.39, 0.29) is 40.7 Å². The predicted octanol–water partition coefficient (Wildman–Crippen LogP) is 3.21. The van der Waals surface area contributed by atoms with Gasteiger partial charge in [-0.25, -0.2) is 18.4 Å². The summed E-state index contributed by atoms with van der Waals surface area (Å²) in [4.78, 5) is 21.4. The fourth-order valence-electron chi connectivity index (χ4n) is 3.83. The van der Waals surface area contributed by atoms with Crippen LogP contribution in [0.3, 0.4) is 0 Å². The van der Waals surface area contributed by atoms with E-state index in [0.29, 0.717) is 17.9 Å². The number of hydrogen-bond donors (Lipinski definition) is 2. The Morgan fingerprint density at radius 1 is 1.29 bits per heavy atom. The van der Waals surface area contributed by atoms with Crippen molar-refractivity contribution >= 4 is 33.2 Å². The summed E-state index contributed by atoms with van der Waals surface area (Å²) in [6.45, 7) is -0.0300. The zero-order valence-corrected chi connectivity index (χ0v) is 18.8. The molecule has 10 heteroatoms. The van der Waals surface area contributed by atoms with Gasteiger partial charge in [-0.15, -0.1) is 0 Å². The van der Waals surface area contributed by atoms with Crippen LogP contribution in [-0.4, -0.2) is 48.9 Å². The largest absolute Gasteiger partial charge is 0.474 e. The van der Waals surface area contributed by atoms with Gasteiger partial charge in [-0.2, -0.15) is 0 Å². The second-order valence-corrected chi connectivity index (χ2v) is 10.1. The molecule has 1 aromatic heterocycles. The standard InChI is InChI=1S/C21H26ClN3O5S/c1-31(28,29)18-7-6-15(11-17(18)22)16(10-14-4-2-3-5-14)21(27)25-19-12-24-20(13-23-19)30-9-8-26/h6-7,11-14,16,26H,2-5,8-10H2,1H3,(H,23,25,27)/t16-/m1/s1. The number of benzene rings is 1. The van der Waals surface area contributed by atoms with Crippen LogP contribution in [0, 0.1) is 5.92 Å². The lowest BCUT2D eigenvalue weighted by Crippen LogP contribution is -2.24. The van der Waals surface area contributed by atoms with Crippen molar-refractivity contribution in [2.75, 3.05) is 24.8 Å². The SMILES string of the molecule is CS(=O)(=O)c1ccc([C@@H](CC2CCCC2)C(=O)Nc2cnc(OCCO)cn2)cc1Cl. The first-order chi connectivity index (χ1) is 14.8. The van der Waals surface area contributed by atoms with Crippen molar-refractivity contribution in [1.29, 1.82) is 0 Å². The predicted molar refractivity (Wildman–Crippen MR) is 117 cm³/mol. The molecule has 1 atom stereocenters. The van der Waals surface area contributed by atoms with Crippen molar-refractivity contribution < 1.29 is 23.1 Å². The zero-order chi connectivity index (χ0) is 22.4. The molecule has 2 N–H and O–H groups in total. The smallest absolute Gasteiger partial charge is 0.233 e. The van der Waals surface area contributed by atoms with Gasteiger partial charge in [0.05, 0.1) is 34.8 Å². The summed E-state index contributed by atoms with van der Waals surface area (Å²) >= 11 is 6.23. The number of anilines is 1. The molecule has 0 aliphatic heterocycles. The third-order valence-corrected chi connectivity index (χ3v) is 6.92. The van der Waals surface area contributed by atoms with E-state index in [0.717, 1.165) is 31.9 Å². The van der Waals surface area contributed by atoms with Crippen molar-refractivity contribution in [2.24, 2.45) is 5.92 Å². The number of amides is 1. The highest BCUT2D eigenvalue weighted by atomic mass is 35.5. The minimum atomic E-state index is -3.46. The minimum Gasteiger partial charge on any atom is -0.474 e. The number of carbonyl (C=O) groups is 1. The Bertz CT molecular complexity index is 1010. The van der Waals surface area contributed by atoms with Crippen LogP contribution in [0.2, 0.25) is 5.02 Å². The lowest BCUT2D eigenvalue weighted by molar-refractivity contribution is -0.118. The Morgan fingerprint density at radius 3 is 2.61 bits per heavy atom. The molecule has 1 aliphatic rings. The topological polar surface area (TPSA) is 118 Å². The van der Waals surface area contributed by atoms with Gasteiger partial charge in [0.1, 0.15) is 6.61 Å². The van der Waals surface area contributed by atoms with Crippen LogP contribution in [0.15, 0.2) is 35.5 Å². The maximum atomic E-state index is 13.1. The minimum absolute atomic E-state index is 0.0438. The normalized spacial score (nSPS) is 15.6. The van der Waals surface area contributed by atoms with Crippen LogP contribution in [0.25, 0.3) is 0 Å². The zero-order valence-electron chi connectivity index (χ0n) is 17.3. The van der Waals surface area contributed by atoms with Gasteiger partial charge in [0.15, 0.2) is 15.7 Å². The number of aliphatic hydroxyl groups is 1. The van der Waals surface area contributed by atoms with Gasteiger partial charge in [0.25, 0.3) is 0 Å². The number of ether oxygens (including phenoxy) is 1. The average Bonchev–Trinajstić information content (AvgIpc) is 3.23. The Labute approximate surface area is 186 Å². The third kappa shape index (κ3) is 6.38. The summed E-state index contributed by atoms with van der Waals surface area (Å²) in [5.41, 5.74) is 0.664. The van der Waals surface area contributed by atoms with Gasteiger partial charge in [0.2, 0.25) is 11.8 Å². The number of aliphatic hydroxyl groups excluding tert-OH is 1. The van der Waals surface area contributed by atoms with Crippen molar-refractivity contribution in [3.63, 3.8) is 0 Å². The molecular weight excluding hydrogens is 442 g/mol. The second-order valence-electron chi connectivity index (χ2n) is 7.70. The van der Waals surface area contributed by atoms with Crippen LogP contribution in [0.4, 0.5) is 5.82 Å². The van der Waals surface area contributed by atoms with Crippen molar-refractivity contribution in [2.45, 2.75) is 42.9 Å². The van der Waals surface area contributed by atoms with E-state index in [9.17, 15) is 13.2 Å². The molecule has 0 radical (unpaired) electrons. The van der Waals surface area contributed by atoms with Gasteiger partial charge in [-0.3, -0.25) is 4.79 Å². The molecule has 1 heterocycles. The lowest BCUT2D eigenvalue weighted by atomic mass is 9.87. The molecule has 1 fully saturated rings. The van der Waals surface area contributed by atoms with Crippen LogP contribution in [-0.2, 0) is 14.6 Å². The molecule has 0 saturated heterocycles. The molecular formula is C21H26ClN3O5S. The molecule has 31 heavy (non-hydrogen) atoms. The van der Waals surface area contributed by atoms with Crippen LogP contribution >= 0.6 is 11.6 Å². The van der Waals surface area contributed by atoms with Crippen LogP contribution in [0.1, 0.15) is 43.6 Å². The van der Waals surface area contributed by atoms with E-state index in [2.05, 4.69) is 15.3 Å². The first-order valence-electron chi connectivity index (χ1n) is 10.1. The van der Waals surface area contributed by atoms with Crippen molar-refractivity contribution in [3.8, 4) is 5.88 Å². The van der Waals surface area contributed by atoms with Gasteiger partial charge in [-0.1, -0.05) is 43.4 Å². The molecule has 1 aromatic carbocycles. The Kier molecular flexibility index (Phi) is 7.85. The maximum Gasteiger partial charge on any atom is 0.233 e. The summed E-state index contributed by atoms with van der Waals surface area (Å²) in [5.74, 6) is 0.188. The number of nitrogens with zero attached hydrogens (tertiary/aromatic N) is 2. The monoisotopic (exact) mass is 467 g/mol. The molecule has 1 aliphatic carbocycles. The lowest BCUT2D eigenvalue weighted by Gasteiger charge is -2.21. The second kappa shape index (κ2) is 10.4. The Balaban J connectivity index is 1.81. The van der Waals surface area contributed by atoms with Gasteiger partial charge < -0.3 is 15.2 Å². The first kappa shape index (κ1) is 23.4. The van der Waals surface area contributed by atoms with E-state index in [4.69, 9.17) is 21.4 Å². The van der Waals surface area contributed by atoms with E-state index in [1.807, 2.05) is 0 Å². The molecule has 3 rings (SSSR count). The Hall–Kier alpha value is -2.23.